The molecule has 0 bridgehead atoms. The van der Waals surface area contributed by atoms with E-state index in [1.54, 1.807) is 0 Å². The molecular weight excluding hydrogens is 435 g/mol. The Bertz CT molecular complexity index is 1150. The van der Waals surface area contributed by atoms with Crippen LogP contribution in [0.3, 0.4) is 0 Å². The second-order valence-corrected chi connectivity index (χ2v) is 7.43. The number of primary amides is 1. The Labute approximate surface area is 188 Å². The van der Waals surface area contributed by atoms with Crippen molar-refractivity contribution in [1.29, 1.82) is 0 Å². The number of nitrogens with two attached hydrogens (primary N) is 1. The number of pyridine rings is 1. The maximum Gasteiger partial charge on any atom is 0.252 e. The lowest BCUT2D eigenvalue weighted by Gasteiger charge is -2.28. The summed E-state index contributed by atoms with van der Waals surface area (Å²) in [6.07, 6.45) is 1.26. The van der Waals surface area contributed by atoms with Crippen LogP contribution in [-0.2, 0) is 11.3 Å². The molecule has 2 heterocycles. The third-order valence-electron chi connectivity index (χ3n) is 5.28. The summed E-state index contributed by atoms with van der Waals surface area (Å²) in [6, 6.07) is 10.8. The van der Waals surface area contributed by atoms with Crippen LogP contribution >= 0.6 is 0 Å². The summed E-state index contributed by atoms with van der Waals surface area (Å²) in [4.78, 5) is 18.2. The van der Waals surface area contributed by atoms with Gasteiger partial charge in [0.2, 0.25) is 0 Å². The molecule has 0 spiro atoms. The van der Waals surface area contributed by atoms with Crippen molar-refractivity contribution in [2.75, 3.05) is 41.8 Å². The fraction of sp³-hybridized carbons (Fsp3) is 0.217. The second kappa shape index (κ2) is 9.78. The van der Waals surface area contributed by atoms with Gasteiger partial charge in [-0.2, -0.15) is 0 Å². The lowest BCUT2D eigenvalue weighted by atomic mass is 10.1. The molecule has 33 heavy (non-hydrogen) atoms. The summed E-state index contributed by atoms with van der Waals surface area (Å²) in [5, 5.41) is 5.87. The number of benzene rings is 2. The van der Waals surface area contributed by atoms with Crippen molar-refractivity contribution in [3.63, 3.8) is 0 Å². The smallest absolute Gasteiger partial charge is 0.252 e. The summed E-state index contributed by atoms with van der Waals surface area (Å²) >= 11 is 0. The predicted octanol–water partition coefficient (Wildman–Crippen LogP) is 3.79. The first-order valence-corrected chi connectivity index (χ1v) is 10.3. The number of carbonyl (C=O) groups excluding carboxylic acids is 1. The standard InChI is InChI=1S/C23H22F3N5O2/c24-18-5-6-19(25)22(26)16(18)12-28-20-11-21(29-13-17(20)23(27)32)30-14-1-3-15(4-2-14)31-7-9-33-10-8-31/h1-6,11,13H,7-10,12H2,(H2,27,32)(H2,28,29,30). The van der Waals surface area contributed by atoms with E-state index in [0.717, 1.165) is 30.5 Å². The van der Waals surface area contributed by atoms with Crippen LogP contribution in [0.25, 0.3) is 0 Å². The zero-order valence-corrected chi connectivity index (χ0v) is 17.6. The van der Waals surface area contributed by atoms with Gasteiger partial charge in [0.1, 0.15) is 11.6 Å². The number of halogens is 3. The summed E-state index contributed by atoms with van der Waals surface area (Å²) in [5.74, 6) is -3.76. The zero-order chi connectivity index (χ0) is 23.4. The summed E-state index contributed by atoms with van der Waals surface area (Å²) in [5.41, 5.74) is 6.96. The minimum absolute atomic E-state index is 0.0282. The SMILES string of the molecule is NC(=O)c1cnc(Nc2ccc(N3CCOCC3)cc2)cc1NCc1c(F)ccc(F)c1F. The van der Waals surface area contributed by atoms with Crippen molar-refractivity contribution in [2.24, 2.45) is 5.73 Å². The number of morpholine rings is 1. The van der Waals surface area contributed by atoms with Gasteiger partial charge in [-0.25, -0.2) is 18.2 Å². The van der Waals surface area contributed by atoms with Gasteiger partial charge in [0.05, 0.1) is 24.5 Å². The largest absolute Gasteiger partial charge is 0.380 e. The van der Waals surface area contributed by atoms with Gasteiger partial charge >= 0.3 is 0 Å². The third kappa shape index (κ3) is 5.17. The van der Waals surface area contributed by atoms with Gasteiger partial charge in [-0.05, 0) is 36.4 Å². The Kier molecular flexibility index (Phi) is 6.64. The molecule has 1 fully saturated rings. The molecule has 2 aromatic carbocycles. The van der Waals surface area contributed by atoms with Gasteiger partial charge < -0.3 is 26.0 Å². The van der Waals surface area contributed by atoms with E-state index in [1.807, 2.05) is 24.3 Å². The van der Waals surface area contributed by atoms with Crippen LogP contribution < -0.4 is 21.3 Å². The third-order valence-corrected chi connectivity index (χ3v) is 5.28. The quantitative estimate of drug-likeness (QED) is 0.468. The molecule has 0 aliphatic carbocycles. The molecule has 0 radical (unpaired) electrons. The van der Waals surface area contributed by atoms with Crippen molar-refractivity contribution < 1.29 is 22.7 Å². The molecule has 0 atom stereocenters. The molecule has 7 nitrogen and oxygen atoms in total. The number of carbonyl (C=O) groups is 1. The molecule has 3 aromatic rings. The van der Waals surface area contributed by atoms with E-state index < -0.39 is 35.5 Å². The van der Waals surface area contributed by atoms with E-state index in [9.17, 15) is 18.0 Å². The number of hydrogen-bond acceptors (Lipinski definition) is 6. The van der Waals surface area contributed by atoms with Crippen LogP contribution in [0.5, 0.6) is 0 Å². The highest BCUT2D eigenvalue weighted by molar-refractivity contribution is 5.98. The molecule has 1 amide bonds. The highest BCUT2D eigenvalue weighted by Crippen LogP contribution is 2.25. The average molecular weight is 457 g/mol. The Hall–Kier alpha value is -3.79. The molecule has 4 rings (SSSR count). The molecule has 1 aromatic heterocycles. The van der Waals surface area contributed by atoms with Gasteiger partial charge in [-0.1, -0.05) is 0 Å². The number of rotatable bonds is 7. The number of nitrogens with one attached hydrogen (secondary N) is 2. The second-order valence-electron chi connectivity index (χ2n) is 7.43. The van der Waals surface area contributed by atoms with Gasteiger partial charge in [-0.3, -0.25) is 4.79 Å². The fourth-order valence-electron chi connectivity index (χ4n) is 3.51. The predicted molar refractivity (Wildman–Crippen MR) is 119 cm³/mol. The van der Waals surface area contributed by atoms with Crippen LogP contribution in [0.15, 0.2) is 48.7 Å². The first-order chi connectivity index (χ1) is 15.9. The monoisotopic (exact) mass is 457 g/mol. The first-order valence-electron chi connectivity index (χ1n) is 10.3. The molecule has 0 unspecified atom stereocenters. The minimum atomic E-state index is -1.30. The Morgan fingerprint density at radius 1 is 1.06 bits per heavy atom. The van der Waals surface area contributed by atoms with Crippen LogP contribution in [0.4, 0.5) is 36.1 Å². The molecule has 1 aliphatic heterocycles. The normalized spacial score (nSPS) is 13.6. The highest BCUT2D eigenvalue weighted by atomic mass is 19.2. The van der Waals surface area contributed by atoms with E-state index in [0.29, 0.717) is 25.1 Å². The summed E-state index contributed by atoms with van der Waals surface area (Å²) in [6.45, 7) is 2.63. The summed E-state index contributed by atoms with van der Waals surface area (Å²) < 4.78 is 46.8. The van der Waals surface area contributed by atoms with E-state index in [2.05, 4.69) is 20.5 Å². The molecule has 4 N–H and O–H groups in total. The van der Waals surface area contributed by atoms with Crippen molar-refractivity contribution in [1.82, 2.24) is 4.98 Å². The number of aromatic nitrogens is 1. The first kappa shape index (κ1) is 22.4. The van der Waals surface area contributed by atoms with E-state index >= 15 is 0 Å². The van der Waals surface area contributed by atoms with Crippen LogP contribution in [0.2, 0.25) is 0 Å². The van der Waals surface area contributed by atoms with Crippen molar-refractivity contribution in [3.8, 4) is 0 Å². The Balaban J connectivity index is 1.51. The van der Waals surface area contributed by atoms with Crippen LogP contribution in [-0.4, -0.2) is 37.2 Å². The molecule has 172 valence electrons. The van der Waals surface area contributed by atoms with Gasteiger partial charge in [0.15, 0.2) is 11.6 Å². The average Bonchev–Trinajstić information content (AvgIpc) is 2.82. The highest BCUT2D eigenvalue weighted by Gasteiger charge is 2.16. The molecule has 1 aliphatic rings. The lowest BCUT2D eigenvalue weighted by Crippen LogP contribution is -2.36. The number of amides is 1. The van der Waals surface area contributed by atoms with Gasteiger partial charge in [-0.15, -0.1) is 0 Å². The molecular formula is C23H22F3N5O2. The number of nitrogens with zero attached hydrogens (tertiary/aromatic N) is 2. The number of anilines is 4. The molecule has 10 heteroatoms. The fourth-order valence-corrected chi connectivity index (χ4v) is 3.51. The maximum absolute atomic E-state index is 14.0. The summed E-state index contributed by atoms with van der Waals surface area (Å²) in [7, 11) is 0. The topological polar surface area (TPSA) is 92.5 Å². The van der Waals surface area contributed by atoms with E-state index in [1.165, 1.54) is 12.3 Å². The van der Waals surface area contributed by atoms with Crippen molar-refractivity contribution in [2.45, 2.75) is 6.54 Å². The molecule has 0 saturated carbocycles. The van der Waals surface area contributed by atoms with Crippen molar-refractivity contribution >= 4 is 28.8 Å². The van der Waals surface area contributed by atoms with E-state index in [4.69, 9.17) is 10.5 Å². The van der Waals surface area contributed by atoms with E-state index in [-0.39, 0.29) is 11.3 Å². The lowest BCUT2D eigenvalue weighted by molar-refractivity contribution is 0.100. The minimum Gasteiger partial charge on any atom is -0.380 e. The Morgan fingerprint density at radius 2 is 1.76 bits per heavy atom. The number of hydrogen-bond donors (Lipinski definition) is 3. The number of ether oxygens (including phenoxy) is 1. The Morgan fingerprint density at radius 3 is 2.45 bits per heavy atom. The van der Waals surface area contributed by atoms with Crippen LogP contribution in [0, 0.1) is 17.5 Å². The van der Waals surface area contributed by atoms with Gasteiger partial charge in [0.25, 0.3) is 5.91 Å². The van der Waals surface area contributed by atoms with Crippen molar-refractivity contribution in [3.05, 3.63) is 77.2 Å². The molecule has 1 saturated heterocycles. The maximum atomic E-state index is 14.0. The van der Waals surface area contributed by atoms with Gasteiger partial charge in [0, 0.05) is 48.8 Å². The van der Waals surface area contributed by atoms with Crippen LogP contribution in [0.1, 0.15) is 15.9 Å². The zero-order valence-electron chi connectivity index (χ0n) is 17.6.